The molecule has 3 rings (SSSR count). The van der Waals surface area contributed by atoms with Crippen LogP contribution in [0.2, 0.25) is 0 Å². The molecule has 1 atom stereocenters. The van der Waals surface area contributed by atoms with Gasteiger partial charge < -0.3 is 9.73 Å². The third-order valence-corrected chi connectivity index (χ3v) is 5.53. The number of thioether (sulfide) groups is 1. The fourth-order valence-electron chi connectivity index (χ4n) is 2.01. The number of hydrogen-bond donors (Lipinski definition) is 1. The van der Waals surface area contributed by atoms with E-state index in [1.54, 1.807) is 6.92 Å². The van der Waals surface area contributed by atoms with E-state index in [-0.39, 0.29) is 11.2 Å². The van der Waals surface area contributed by atoms with Crippen molar-refractivity contribution < 1.29 is 9.21 Å². The Kier molecular flexibility index (Phi) is 5.19. The molecule has 25 heavy (non-hydrogen) atoms. The molecular weight excluding hydrogens is 356 g/mol. The minimum absolute atomic E-state index is 0.145. The molecule has 6 nitrogen and oxygen atoms in total. The highest BCUT2D eigenvalue weighted by Crippen LogP contribution is 2.28. The number of nitrogens with zero attached hydrogens (tertiary/aromatic N) is 3. The first-order chi connectivity index (χ1) is 11.9. The number of hydrogen-bond acceptors (Lipinski definition) is 7. The van der Waals surface area contributed by atoms with Gasteiger partial charge in [0.15, 0.2) is 5.13 Å². The molecule has 0 aliphatic carbocycles. The molecule has 0 saturated heterocycles. The van der Waals surface area contributed by atoms with Crippen molar-refractivity contribution in [2.45, 2.75) is 38.2 Å². The molecule has 2 aromatic heterocycles. The predicted molar refractivity (Wildman–Crippen MR) is 100 cm³/mol. The van der Waals surface area contributed by atoms with Crippen molar-refractivity contribution >= 4 is 34.1 Å². The van der Waals surface area contributed by atoms with Crippen LogP contribution in [0.3, 0.4) is 0 Å². The molecule has 0 fully saturated rings. The van der Waals surface area contributed by atoms with Gasteiger partial charge in [0, 0.05) is 10.4 Å². The molecule has 1 amide bonds. The van der Waals surface area contributed by atoms with Gasteiger partial charge in [0.25, 0.3) is 5.22 Å². The number of amides is 1. The first kappa shape index (κ1) is 17.6. The van der Waals surface area contributed by atoms with Crippen LogP contribution < -0.4 is 5.32 Å². The number of rotatable bonds is 5. The molecule has 1 aromatic carbocycles. The van der Waals surface area contributed by atoms with Gasteiger partial charge in [-0.1, -0.05) is 29.5 Å². The largest absolute Gasteiger partial charge is 0.411 e. The fraction of sp³-hybridized carbons (Fsp3) is 0.294. The van der Waals surface area contributed by atoms with Crippen molar-refractivity contribution in [1.29, 1.82) is 0 Å². The van der Waals surface area contributed by atoms with Crippen LogP contribution in [0.15, 0.2) is 33.9 Å². The highest BCUT2D eigenvalue weighted by Gasteiger charge is 2.20. The molecule has 1 N–H and O–H groups in total. The molecule has 2 heterocycles. The van der Waals surface area contributed by atoms with E-state index in [9.17, 15) is 4.79 Å². The number of carbonyl (C=O) groups excluding carboxylic acids is 1. The first-order valence-corrected chi connectivity index (χ1v) is 9.44. The molecule has 0 bridgehead atoms. The van der Waals surface area contributed by atoms with Crippen LogP contribution >= 0.6 is 23.1 Å². The zero-order chi connectivity index (χ0) is 18.0. The van der Waals surface area contributed by atoms with Crippen LogP contribution in [0.25, 0.3) is 11.5 Å². The SMILES string of the molecule is Cc1ccc(-c2nnc(S[C@@H](C)C(=O)Nc3nc(C)c(C)s3)o2)cc1. The van der Waals surface area contributed by atoms with Gasteiger partial charge in [0.2, 0.25) is 11.8 Å². The Morgan fingerprint density at radius 2 is 1.92 bits per heavy atom. The lowest BCUT2D eigenvalue weighted by atomic mass is 10.1. The highest BCUT2D eigenvalue weighted by atomic mass is 32.2. The summed E-state index contributed by atoms with van der Waals surface area (Å²) < 4.78 is 5.65. The summed E-state index contributed by atoms with van der Waals surface area (Å²) in [6, 6.07) is 7.84. The molecule has 3 aromatic rings. The lowest BCUT2D eigenvalue weighted by Crippen LogP contribution is -2.22. The second-order valence-electron chi connectivity index (χ2n) is 5.65. The van der Waals surface area contributed by atoms with Crippen molar-refractivity contribution in [3.63, 3.8) is 0 Å². The maximum absolute atomic E-state index is 12.3. The van der Waals surface area contributed by atoms with Crippen LogP contribution in [0, 0.1) is 20.8 Å². The first-order valence-electron chi connectivity index (χ1n) is 7.74. The highest BCUT2D eigenvalue weighted by molar-refractivity contribution is 8.00. The van der Waals surface area contributed by atoms with Crippen LogP contribution in [0.1, 0.15) is 23.1 Å². The molecule has 0 radical (unpaired) electrons. The van der Waals surface area contributed by atoms with Gasteiger partial charge in [-0.3, -0.25) is 4.79 Å². The van der Waals surface area contributed by atoms with Gasteiger partial charge in [-0.05, 0) is 39.8 Å². The molecule has 0 spiro atoms. The Bertz CT molecular complexity index is 867. The summed E-state index contributed by atoms with van der Waals surface area (Å²) in [4.78, 5) is 17.7. The minimum atomic E-state index is -0.379. The van der Waals surface area contributed by atoms with Crippen molar-refractivity contribution in [2.24, 2.45) is 0 Å². The lowest BCUT2D eigenvalue weighted by molar-refractivity contribution is -0.115. The topological polar surface area (TPSA) is 80.9 Å². The van der Waals surface area contributed by atoms with E-state index in [0.29, 0.717) is 16.2 Å². The Labute approximate surface area is 154 Å². The number of anilines is 1. The quantitative estimate of drug-likeness (QED) is 0.673. The predicted octanol–water partition coefficient (Wildman–Crippen LogP) is 4.24. The van der Waals surface area contributed by atoms with Gasteiger partial charge in [-0.15, -0.1) is 21.5 Å². The molecule has 0 aliphatic rings. The number of nitrogens with one attached hydrogen (secondary N) is 1. The maximum atomic E-state index is 12.3. The van der Waals surface area contributed by atoms with Crippen LogP contribution in [-0.2, 0) is 4.79 Å². The third-order valence-electron chi connectivity index (χ3n) is 3.61. The number of benzene rings is 1. The van der Waals surface area contributed by atoms with Gasteiger partial charge in [0.05, 0.1) is 10.9 Å². The standard InChI is InChI=1S/C17H18N4O2S2/c1-9-5-7-13(8-6-9)15-20-21-17(23-15)25-12(4)14(22)19-16-18-10(2)11(3)24-16/h5-8,12H,1-4H3,(H,18,19,22)/t12-/m0/s1. The van der Waals surface area contributed by atoms with E-state index in [1.165, 1.54) is 23.1 Å². The van der Waals surface area contributed by atoms with Gasteiger partial charge in [-0.25, -0.2) is 4.98 Å². The average molecular weight is 374 g/mol. The summed E-state index contributed by atoms with van der Waals surface area (Å²) in [7, 11) is 0. The summed E-state index contributed by atoms with van der Waals surface area (Å²) in [5.41, 5.74) is 2.95. The Hall–Kier alpha value is -2.19. The fourth-order valence-corrected chi connectivity index (χ4v) is 3.51. The zero-order valence-corrected chi connectivity index (χ0v) is 16.0. The van der Waals surface area contributed by atoms with E-state index in [1.807, 2.05) is 45.0 Å². The van der Waals surface area contributed by atoms with Crippen molar-refractivity contribution in [1.82, 2.24) is 15.2 Å². The zero-order valence-electron chi connectivity index (χ0n) is 14.4. The molecule has 8 heteroatoms. The van der Waals surface area contributed by atoms with Crippen LogP contribution in [0.4, 0.5) is 5.13 Å². The van der Waals surface area contributed by atoms with Crippen molar-refractivity contribution in [2.75, 3.05) is 5.32 Å². The second kappa shape index (κ2) is 7.37. The Morgan fingerprint density at radius 1 is 1.20 bits per heavy atom. The summed E-state index contributed by atoms with van der Waals surface area (Å²) >= 11 is 2.69. The summed E-state index contributed by atoms with van der Waals surface area (Å²) in [5.74, 6) is 0.301. The monoisotopic (exact) mass is 374 g/mol. The Balaban J connectivity index is 1.63. The van der Waals surface area contributed by atoms with E-state index in [0.717, 1.165) is 21.7 Å². The summed E-state index contributed by atoms with van der Waals surface area (Å²) in [6.45, 7) is 7.71. The average Bonchev–Trinajstić information content (AvgIpc) is 3.15. The summed E-state index contributed by atoms with van der Waals surface area (Å²) in [6.07, 6.45) is 0. The van der Waals surface area contributed by atoms with E-state index in [2.05, 4.69) is 20.5 Å². The second-order valence-corrected chi connectivity index (χ2v) is 8.14. The van der Waals surface area contributed by atoms with Crippen LogP contribution in [0.5, 0.6) is 0 Å². The maximum Gasteiger partial charge on any atom is 0.277 e. The molecule has 0 unspecified atom stereocenters. The van der Waals surface area contributed by atoms with Gasteiger partial charge >= 0.3 is 0 Å². The normalized spacial score (nSPS) is 12.2. The molecular formula is C17H18N4O2S2. The van der Waals surface area contributed by atoms with Gasteiger partial charge in [-0.2, -0.15) is 0 Å². The lowest BCUT2D eigenvalue weighted by Gasteiger charge is -2.07. The number of aryl methyl sites for hydroxylation is 3. The van der Waals surface area contributed by atoms with Crippen molar-refractivity contribution in [3.8, 4) is 11.5 Å². The molecule has 0 aliphatic heterocycles. The number of aromatic nitrogens is 3. The van der Waals surface area contributed by atoms with Gasteiger partial charge in [0.1, 0.15) is 0 Å². The van der Waals surface area contributed by atoms with E-state index >= 15 is 0 Å². The summed E-state index contributed by atoms with van der Waals surface area (Å²) in [5, 5.41) is 11.5. The molecule has 130 valence electrons. The number of thiazole rings is 1. The van der Waals surface area contributed by atoms with Crippen molar-refractivity contribution in [3.05, 3.63) is 40.4 Å². The van der Waals surface area contributed by atoms with Crippen LogP contribution in [-0.4, -0.2) is 26.3 Å². The van der Waals surface area contributed by atoms with E-state index in [4.69, 9.17) is 4.42 Å². The molecule has 0 saturated carbocycles. The van der Waals surface area contributed by atoms with E-state index < -0.39 is 0 Å². The Morgan fingerprint density at radius 3 is 2.56 bits per heavy atom. The smallest absolute Gasteiger partial charge is 0.277 e. The number of carbonyl (C=O) groups is 1. The minimum Gasteiger partial charge on any atom is -0.411 e. The third kappa shape index (κ3) is 4.26.